The molecule has 0 saturated heterocycles. The van der Waals surface area contributed by atoms with Crippen LogP contribution in [0.15, 0.2) is 12.7 Å². The molecule has 0 N–H and O–H groups in total. The van der Waals surface area contributed by atoms with Gasteiger partial charge in [-0.1, -0.05) is 0 Å². The van der Waals surface area contributed by atoms with E-state index in [1.807, 2.05) is 0 Å². The average Bonchev–Trinajstić information content (AvgIpc) is 2.05. The summed E-state index contributed by atoms with van der Waals surface area (Å²) in [5.74, 6) is 0. The van der Waals surface area contributed by atoms with Gasteiger partial charge in [-0.05, 0) is 0 Å². The van der Waals surface area contributed by atoms with Crippen molar-refractivity contribution in [1.82, 2.24) is 30.4 Å². The van der Waals surface area contributed by atoms with Gasteiger partial charge in [0.2, 0.25) is 11.3 Å². The second kappa shape index (κ2) is 1.90. The molecule has 2 rings (SSSR count). The van der Waals surface area contributed by atoms with E-state index in [0.29, 0.717) is 11.3 Å². The zero-order valence-corrected chi connectivity index (χ0v) is 4.84. The van der Waals surface area contributed by atoms with E-state index >= 15 is 0 Å². The highest BCUT2D eigenvalue weighted by Gasteiger charge is 1.94. The summed E-state index contributed by atoms with van der Waals surface area (Å²) >= 11 is 0. The van der Waals surface area contributed by atoms with Gasteiger partial charge in [0.25, 0.3) is 0 Å². The summed E-state index contributed by atoms with van der Waals surface area (Å²) in [6.07, 6.45) is 2.61. The fourth-order valence-electron chi connectivity index (χ4n) is 0.579. The molecule has 48 valence electrons. The molecule has 2 aromatic rings. The van der Waals surface area contributed by atoms with Gasteiger partial charge in [0, 0.05) is 0 Å². The minimum atomic E-state index is 0.414. The summed E-state index contributed by atoms with van der Waals surface area (Å²) in [4.78, 5) is 7.54. The van der Waals surface area contributed by atoms with Crippen molar-refractivity contribution in [2.45, 2.75) is 0 Å². The van der Waals surface area contributed by atoms with Crippen LogP contribution >= 0.6 is 0 Å². The van der Waals surface area contributed by atoms with Crippen molar-refractivity contribution in [3.63, 3.8) is 0 Å². The van der Waals surface area contributed by atoms with E-state index in [4.69, 9.17) is 0 Å². The van der Waals surface area contributed by atoms with Gasteiger partial charge in [-0.2, -0.15) is 0 Å². The Balaban J connectivity index is 2.89. The third-order valence-corrected chi connectivity index (χ3v) is 0.968. The SMILES string of the molecule is c1nnc2ncnnc2n1. The number of aromatic nitrogens is 6. The first-order valence-corrected chi connectivity index (χ1v) is 2.58. The number of rotatable bonds is 0. The van der Waals surface area contributed by atoms with Gasteiger partial charge in [0.15, 0.2) is 0 Å². The Morgan fingerprint density at radius 1 is 0.800 bits per heavy atom. The van der Waals surface area contributed by atoms with Crippen LogP contribution in [0.4, 0.5) is 0 Å². The van der Waals surface area contributed by atoms with Crippen molar-refractivity contribution in [2.24, 2.45) is 0 Å². The van der Waals surface area contributed by atoms with Crippen molar-refractivity contribution >= 4 is 11.3 Å². The Hall–Kier alpha value is -1.72. The summed E-state index contributed by atoms with van der Waals surface area (Å²) in [5, 5.41) is 14.4. The molecule has 0 unspecified atom stereocenters. The minimum absolute atomic E-state index is 0.414. The average molecular weight is 134 g/mol. The summed E-state index contributed by atoms with van der Waals surface area (Å²) in [5.41, 5.74) is 0.829. The molecule has 0 bridgehead atoms. The van der Waals surface area contributed by atoms with Crippen LogP contribution in [-0.2, 0) is 0 Å². The van der Waals surface area contributed by atoms with Gasteiger partial charge in [-0.3, -0.25) is 0 Å². The second-order valence-electron chi connectivity index (χ2n) is 1.57. The van der Waals surface area contributed by atoms with E-state index in [-0.39, 0.29) is 0 Å². The zero-order valence-electron chi connectivity index (χ0n) is 4.84. The second-order valence-corrected chi connectivity index (χ2v) is 1.57. The van der Waals surface area contributed by atoms with Gasteiger partial charge in [0.05, 0.1) is 0 Å². The number of nitrogens with zero attached hydrogens (tertiary/aromatic N) is 6. The van der Waals surface area contributed by atoms with Crippen molar-refractivity contribution < 1.29 is 0 Å². The van der Waals surface area contributed by atoms with E-state index in [2.05, 4.69) is 30.4 Å². The standard InChI is InChI=1S/C4H2N6/c1-5-3-4(9-7-1)6-2-8-10-3/h1-2H. The van der Waals surface area contributed by atoms with Gasteiger partial charge in [-0.15, -0.1) is 20.4 Å². The normalized spacial score (nSPS) is 10.0. The van der Waals surface area contributed by atoms with Gasteiger partial charge < -0.3 is 0 Å². The molecule has 0 aliphatic rings. The maximum atomic E-state index is 3.77. The monoisotopic (exact) mass is 134 g/mol. The van der Waals surface area contributed by atoms with E-state index < -0.39 is 0 Å². The summed E-state index contributed by atoms with van der Waals surface area (Å²) in [6.45, 7) is 0. The summed E-state index contributed by atoms with van der Waals surface area (Å²) in [6, 6.07) is 0. The first-order chi connectivity index (χ1) is 4.97. The number of fused-ring (bicyclic) bond motifs is 1. The lowest BCUT2D eigenvalue weighted by Crippen LogP contribution is -1.93. The van der Waals surface area contributed by atoms with Crippen LogP contribution in [-0.4, -0.2) is 30.4 Å². The lowest BCUT2D eigenvalue weighted by molar-refractivity contribution is 0.930. The van der Waals surface area contributed by atoms with Crippen LogP contribution in [0.25, 0.3) is 11.3 Å². The van der Waals surface area contributed by atoms with Crippen LogP contribution in [0.2, 0.25) is 0 Å². The fraction of sp³-hybridized carbons (Fsp3) is 0. The highest BCUT2D eigenvalue weighted by Crippen LogP contribution is 1.92. The molecular formula is C4H2N6. The number of hydrogen-bond acceptors (Lipinski definition) is 6. The first-order valence-electron chi connectivity index (χ1n) is 2.58. The van der Waals surface area contributed by atoms with Gasteiger partial charge in [0.1, 0.15) is 12.7 Å². The summed E-state index contributed by atoms with van der Waals surface area (Å²) in [7, 11) is 0. The Kier molecular flexibility index (Phi) is 0.970. The van der Waals surface area contributed by atoms with E-state index in [0.717, 1.165) is 0 Å². The van der Waals surface area contributed by atoms with Crippen molar-refractivity contribution in [3.05, 3.63) is 12.7 Å². The van der Waals surface area contributed by atoms with Crippen molar-refractivity contribution in [1.29, 1.82) is 0 Å². The summed E-state index contributed by atoms with van der Waals surface area (Å²) < 4.78 is 0. The first kappa shape index (κ1) is 5.10. The number of hydrogen-bond donors (Lipinski definition) is 0. The van der Waals surface area contributed by atoms with Gasteiger partial charge >= 0.3 is 0 Å². The topological polar surface area (TPSA) is 77.3 Å². The molecule has 0 atom stereocenters. The predicted octanol–water partition coefficient (Wildman–Crippen LogP) is -0.790. The molecular weight excluding hydrogens is 132 g/mol. The van der Waals surface area contributed by atoms with Gasteiger partial charge in [-0.25, -0.2) is 9.97 Å². The Morgan fingerprint density at radius 3 is 1.80 bits per heavy atom. The van der Waals surface area contributed by atoms with Crippen LogP contribution in [0.5, 0.6) is 0 Å². The van der Waals surface area contributed by atoms with Crippen LogP contribution in [0, 0.1) is 0 Å². The fourth-order valence-corrected chi connectivity index (χ4v) is 0.579. The quantitative estimate of drug-likeness (QED) is 0.469. The molecule has 10 heavy (non-hydrogen) atoms. The highest BCUT2D eigenvalue weighted by atomic mass is 15.2. The Bertz CT molecular complexity index is 281. The molecule has 6 heteroatoms. The molecule has 0 aliphatic carbocycles. The van der Waals surface area contributed by atoms with E-state index in [1.165, 1.54) is 12.7 Å². The molecule has 0 spiro atoms. The van der Waals surface area contributed by atoms with Crippen LogP contribution < -0.4 is 0 Å². The zero-order chi connectivity index (χ0) is 6.81. The third-order valence-electron chi connectivity index (χ3n) is 0.968. The van der Waals surface area contributed by atoms with Crippen molar-refractivity contribution in [3.8, 4) is 0 Å². The van der Waals surface area contributed by atoms with Crippen LogP contribution in [0.1, 0.15) is 0 Å². The Labute approximate surface area is 55.4 Å². The lowest BCUT2D eigenvalue weighted by atomic mass is 10.7. The molecule has 0 radical (unpaired) electrons. The van der Waals surface area contributed by atoms with E-state index in [9.17, 15) is 0 Å². The largest absolute Gasteiger partial charge is 0.223 e. The molecule has 2 heterocycles. The third kappa shape index (κ3) is 0.661. The smallest absolute Gasteiger partial charge is 0.210 e. The molecule has 0 fully saturated rings. The minimum Gasteiger partial charge on any atom is -0.210 e. The van der Waals surface area contributed by atoms with Crippen molar-refractivity contribution in [2.75, 3.05) is 0 Å². The maximum absolute atomic E-state index is 3.77. The predicted molar refractivity (Wildman–Crippen MR) is 30.7 cm³/mol. The molecule has 0 aliphatic heterocycles. The molecule has 0 saturated carbocycles. The molecule has 2 aromatic heterocycles. The highest BCUT2D eigenvalue weighted by molar-refractivity contribution is 5.60. The Morgan fingerprint density at radius 2 is 1.30 bits per heavy atom. The molecule has 0 amide bonds. The lowest BCUT2D eigenvalue weighted by Gasteiger charge is -1.86. The van der Waals surface area contributed by atoms with Crippen LogP contribution in [0.3, 0.4) is 0 Å². The molecule has 6 nitrogen and oxygen atoms in total. The van der Waals surface area contributed by atoms with E-state index in [1.54, 1.807) is 0 Å². The maximum Gasteiger partial charge on any atom is 0.223 e. The molecule has 0 aromatic carbocycles.